The molecule has 1 aromatic heterocycles. The molecule has 2 heteroatoms. The highest BCUT2D eigenvalue weighted by Crippen LogP contribution is 2.18. The van der Waals surface area contributed by atoms with Crippen LogP contribution in [0, 0.1) is 13.8 Å². The van der Waals surface area contributed by atoms with Gasteiger partial charge in [-0.15, -0.1) is 0 Å². The number of pyridine rings is 1. The first-order chi connectivity index (χ1) is 8.25. The fraction of sp³-hybridized carbons (Fsp3) is 0.267. The highest BCUT2D eigenvalue weighted by molar-refractivity contribution is 5.35. The Hall–Kier alpha value is -1.83. The third-order valence-electron chi connectivity index (χ3n) is 2.67. The van der Waals surface area contributed by atoms with E-state index in [1.807, 2.05) is 30.5 Å². The summed E-state index contributed by atoms with van der Waals surface area (Å²) in [7, 11) is 0. The van der Waals surface area contributed by atoms with Crippen LogP contribution in [-0.4, -0.2) is 11.6 Å². The van der Waals surface area contributed by atoms with Gasteiger partial charge < -0.3 is 4.74 Å². The van der Waals surface area contributed by atoms with Crippen molar-refractivity contribution in [3.63, 3.8) is 0 Å². The van der Waals surface area contributed by atoms with Gasteiger partial charge in [0.2, 0.25) is 0 Å². The van der Waals surface area contributed by atoms with E-state index in [1.54, 1.807) is 0 Å². The molecule has 0 fully saturated rings. The summed E-state index contributed by atoms with van der Waals surface area (Å²) in [6, 6.07) is 12.2. The standard InChI is InChI=1S/C15H17NO/c1-12-6-7-15(13(2)11-12)17-10-8-14-5-3-4-9-16-14/h3-7,9,11H,8,10H2,1-2H3. The first kappa shape index (κ1) is 11.6. The van der Waals surface area contributed by atoms with Gasteiger partial charge >= 0.3 is 0 Å². The van der Waals surface area contributed by atoms with Gasteiger partial charge in [-0.3, -0.25) is 4.98 Å². The van der Waals surface area contributed by atoms with E-state index in [-0.39, 0.29) is 0 Å². The molecule has 88 valence electrons. The minimum Gasteiger partial charge on any atom is -0.493 e. The minimum atomic E-state index is 0.668. The molecule has 2 rings (SSSR count). The number of benzene rings is 1. The molecule has 2 aromatic rings. The third kappa shape index (κ3) is 3.31. The summed E-state index contributed by atoms with van der Waals surface area (Å²) in [5.41, 5.74) is 3.52. The van der Waals surface area contributed by atoms with Gasteiger partial charge in [-0.1, -0.05) is 23.8 Å². The Balaban J connectivity index is 1.90. The highest BCUT2D eigenvalue weighted by Gasteiger charge is 2.00. The molecule has 0 amide bonds. The van der Waals surface area contributed by atoms with E-state index in [0.29, 0.717) is 6.61 Å². The van der Waals surface area contributed by atoms with E-state index in [1.165, 1.54) is 11.1 Å². The second-order valence-electron chi connectivity index (χ2n) is 4.19. The summed E-state index contributed by atoms with van der Waals surface area (Å²) in [6.07, 6.45) is 2.65. The second-order valence-corrected chi connectivity index (χ2v) is 4.19. The van der Waals surface area contributed by atoms with Crippen LogP contribution in [0.3, 0.4) is 0 Å². The van der Waals surface area contributed by atoms with Crippen LogP contribution in [0.25, 0.3) is 0 Å². The first-order valence-electron chi connectivity index (χ1n) is 5.85. The zero-order valence-electron chi connectivity index (χ0n) is 10.3. The Morgan fingerprint density at radius 2 is 2.00 bits per heavy atom. The Morgan fingerprint density at radius 3 is 2.71 bits per heavy atom. The lowest BCUT2D eigenvalue weighted by atomic mass is 10.1. The van der Waals surface area contributed by atoms with Crippen molar-refractivity contribution >= 4 is 0 Å². The van der Waals surface area contributed by atoms with Crippen molar-refractivity contribution in [3.8, 4) is 5.75 Å². The summed E-state index contributed by atoms with van der Waals surface area (Å²) < 4.78 is 5.76. The van der Waals surface area contributed by atoms with Gasteiger partial charge in [0.1, 0.15) is 5.75 Å². The van der Waals surface area contributed by atoms with Crippen molar-refractivity contribution in [2.45, 2.75) is 20.3 Å². The molecule has 1 aromatic carbocycles. The molecule has 17 heavy (non-hydrogen) atoms. The number of aromatic nitrogens is 1. The van der Waals surface area contributed by atoms with Crippen molar-refractivity contribution in [1.82, 2.24) is 4.98 Å². The molecule has 0 saturated heterocycles. The lowest BCUT2D eigenvalue weighted by Crippen LogP contribution is -2.03. The zero-order chi connectivity index (χ0) is 12.1. The predicted octanol–water partition coefficient (Wildman–Crippen LogP) is 3.32. The Morgan fingerprint density at radius 1 is 1.12 bits per heavy atom. The molecule has 0 aliphatic carbocycles. The van der Waals surface area contributed by atoms with Gasteiger partial charge in [0, 0.05) is 18.3 Å². The van der Waals surface area contributed by atoms with E-state index in [9.17, 15) is 0 Å². The second kappa shape index (κ2) is 5.48. The topological polar surface area (TPSA) is 22.1 Å². The van der Waals surface area contributed by atoms with Crippen LogP contribution in [0.5, 0.6) is 5.75 Å². The van der Waals surface area contributed by atoms with Gasteiger partial charge in [0.05, 0.1) is 6.61 Å². The molecule has 0 bridgehead atoms. The summed E-state index contributed by atoms with van der Waals surface area (Å²) in [5, 5.41) is 0. The van der Waals surface area contributed by atoms with Gasteiger partial charge in [-0.25, -0.2) is 0 Å². The fourth-order valence-electron chi connectivity index (χ4n) is 1.77. The van der Waals surface area contributed by atoms with Crippen LogP contribution >= 0.6 is 0 Å². The van der Waals surface area contributed by atoms with Crippen LogP contribution in [0.4, 0.5) is 0 Å². The van der Waals surface area contributed by atoms with E-state index < -0.39 is 0 Å². The van der Waals surface area contributed by atoms with Crippen LogP contribution in [0.1, 0.15) is 16.8 Å². The highest BCUT2D eigenvalue weighted by atomic mass is 16.5. The normalized spacial score (nSPS) is 10.2. The molecule has 0 atom stereocenters. The number of hydrogen-bond acceptors (Lipinski definition) is 2. The first-order valence-corrected chi connectivity index (χ1v) is 5.85. The number of nitrogens with zero attached hydrogens (tertiary/aromatic N) is 1. The molecule has 0 N–H and O–H groups in total. The molecule has 0 aliphatic heterocycles. The molecule has 0 aliphatic rings. The quantitative estimate of drug-likeness (QED) is 0.799. The van der Waals surface area contributed by atoms with Crippen LogP contribution in [0.2, 0.25) is 0 Å². The maximum atomic E-state index is 5.76. The van der Waals surface area contributed by atoms with Crippen molar-refractivity contribution in [1.29, 1.82) is 0 Å². The van der Waals surface area contributed by atoms with Crippen molar-refractivity contribution < 1.29 is 4.74 Å². The lowest BCUT2D eigenvalue weighted by Gasteiger charge is -2.09. The van der Waals surface area contributed by atoms with E-state index in [0.717, 1.165) is 17.9 Å². The number of ether oxygens (including phenoxy) is 1. The van der Waals surface area contributed by atoms with E-state index in [2.05, 4.69) is 31.0 Å². The maximum absolute atomic E-state index is 5.76. The molecular weight excluding hydrogens is 210 g/mol. The largest absolute Gasteiger partial charge is 0.493 e. The maximum Gasteiger partial charge on any atom is 0.122 e. The number of rotatable bonds is 4. The average Bonchev–Trinajstić information content (AvgIpc) is 2.33. The van der Waals surface area contributed by atoms with Crippen LogP contribution in [0.15, 0.2) is 42.6 Å². The van der Waals surface area contributed by atoms with Crippen molar-refractivity contribution in [2.75, 3.05) is 6.61 Å². The van der Waals surface area contributed by atoms with Gasteiger partial charge in [-0.05, 0) is 37.6 Å². The molecular formula is C15H17NO. The number of aryl methyl sites for hydroxylation is 2. The van der Waals surface area contributed by atoms with Crippen LogP contribution in [-0.2, 0) is 6.42 Å². The summed E-state index contributed by atoms with van der Waals surface area (Å²) >= 11 is 0. The zero-order valence-corrected chi connectivity index (χ0v) is 10.3. The smallest absolute Gasteiger partial charge is 0.122 e. The van der Waals surface area contributed by atoms with E-state index >= 15 is 0 Å². The minimum absolute atomic E-state index is 0.668. The molecule has 0 unspecified atom stereocenters. The SMILES string of the molecule is Cc1ccc(OCCc2ccccn2)c(C)c1. The fourth-order valence-corrected chi connectivity index (χ4v) is 1.77. The predicted molar refractivity (Wildman–Crippen MR) is 69.4 cm³/mol. The summed E-state index contributed by atoms with van der Waals surface area (Å²) in [5.74, 6) is 0.964. The summed E-state index contributed by atoms with van der Waals surface area (Å²) in [6.45, 7) is 4.83. The molecule has 2 nitrogen and oxygen atoms in total. The Kier molecular flexibility index (Phi) is 3.76. The average molecular weight is 227 g/mol. The monoisotopic (exact) mass is 227 g/mol. The van der Waals surface area contributed by atoms with Gasteiger partial charge in [0.15, 0.2) is 0 Å². The molecule has 0 spiro atoms. The Bertz CT molecular complexity index is 480. The number of hydrogen-bond donors (Lipinski definition) is 0. The van der Waals surface area contributed by atoms with Crippen molar-refractivity contribution in [2.24, 2.45) is 0 Å². The molecule has 0 saturated carbocycles. The lowest BCUT2D eigenvalue weighted by molar-refractivity contribution is 0.318. The molecule has 0 radical (unpaired) electrons. The van der Waals surface area contributed by atoms with Crippen LogP contribution < -0.4 is 4.74 Å². The van der Waals surface area contributed by atoms with E-state index in [4.69, 9.17) is 4.74 Å². The van der Waals surface area contributed by atoms with Gasteiger partial charge in [0.25, 0.3) is 0 Å². The van der Waals surface area contributed by atoms with Gasteiger partial charge in [-0.2, -0.15) is 0 Å². The van der Waals surface area contributed by atoms with Crippen molar-refractivity contribution in [3.05, 3.63) is 59.4 Å². The third-order valence-corrected chi connectivity index (χ3v) is 2.67. The Labute approximate surface area is 102 Å². The molecule has 1 heterocycles. The summed E-state index contributed by atoms with van der Waals surface area (Å²) in [4.78, 5) is 4.27.